The number of fused-ring (bicyclic) bond motifs is 3. The smallest absolute Gasteiger partial charge is 0.207 e. The van der Waals surface area contributed by atoms with Gasteiger partial charge in [-0.15, -0.1) is 10.2 Å². The number of imidazole rings is 1. The van der Waals surface area contributed by atoms with E-state index in [9.17, 15) is 0 Å². The monoisotopic (exact) mass is 361 g/mol. The van der Waals surface area contributed by atoms with Gasteiger partial charge < -0.3 is 13.8 Å². The van der Waals surface area contributed by atoms with Gasteiger partial charge in [-0.1, -0.05) is 17.3 Å². The highest BCUT2D eigenvalue weighted by Gasteiger charge is 2.21. The molecular formula is C18H15N7O2. The minimum Gasteiger partial charge on any atom is -0.496 e. The number of aromatic nitrogens is 7. The number of benzene rings is 1. The third-order valence-electron chi connectivity index (χ3n) is 4.37. The van der Waals surface area contributed by atoms with E-state index in [1.54, 1.807) is 24.0 Å². The Morgan fingerprint density at radius 1 is 1.15 bits per heavy atom. The Labute approximate surface area is 153 Å². The van der Waals surface area contributed by atoms with Crippen molar-refractivity contribution < 1.29 is 9.26 Å². The maximum atomic E-state index is 5.58. The quantitative estimate of drug-likeness (QED) is 0.487. The molecule has 0 aliphatic carbocycles. The molecule has 0 saturated heterocycles. The first-order chi connectivity index (χ1) is 13.2. The lowest BCUT2D eigenvalue weighted by Crippen LogP contribution is -2.01. The maximum Gasteiger partial charge on any atom is 0.207 e. The highest BCUT2D eigenvalue weighted by atomic mass is 16.5. The lowest BCUT2D eigenvalue weighted by molar-refractivity contribution is 0.399. The third kappa shape index (κ3) is 2.28. The largest absolute Gasteiger partial charge is 0.496 e. The summed E-state index contributed by atoms with van der Waals surface area (Å²) in [7, 11) is 3.55. The van der Waals surface area contributed by atoms with Gasteiger partial charge in [0.25, 0.3) is 0 Å². The van der Waals surface area contributed by atoms with Gasteiger partial charge in [0, 0.05) is 24.7 Å². The summed E-state index contributed by atoms with van der Waals surface area (Å²) in [5.41, 5.74) is 2.59. The molecule has 134 valence electrons. The van der Waals surface area contributed by atoms with E-state index in [0.717, 1.165) is 16.5 Å². The van der Waals surface area contributed by atoms with Crippen LogP contribution in [0, 0.1) is 6.92 Å². The van der Waals surface area contributed by atoms with Gasteiger partial charge in [0.1, 0.15) is 22.9 Å². The summed E-state index contributed by atoms with van der Waals surface area (Å²) in [6.45, 7) is 1.83. The van der Waals surface area contributed by atoms with E-state index in [4.69, 9.17) is 14.4 Å². The summed E-state index contributed by atoms with van der Waals surface area (Å²) in [5.74, 6) is 1.89. The van der Waals surface area contributed by atoms with Crippen molar-refractivity contribution in [3.63, 3.8) is 0 Å². The van der Waals surface area contributed by atoms with E-state index >= 15 is 0 Å². The second-order valence-corrected chi connectivity index (χ2v) is 6.24. The molecule has 0 radical (unpaired) electrons. The molecule has 5 rings (SSSR count). The molecule has 27 heavy (non-hydrogen) atoms. The van der Waals surface area contributed by atoms with E-state index in [1.165, 1.54) is 0 Å². The molecule has 0 aliphatic rings. The molecule has 0 bridgehead atoms. The summed E-state index contributed by atoms with van der Waals surface area (Å²) in [6, 6.07) is 7.57. The number of ether oxygens (including phenoxy) is 1. The number of rotatable bonds is 3. The topological polar surface area (TPSA) is 96.2 Å². The predicted molar refractivity (Wildman–Crippen MR) is 97.3 cm³/mol. The fourth-order valence-corrected chi connectivity index (χ4v) is 3.17. The van der Waals surface area contributed by atoms with Crippen LogP contribution in [-0.2, 0) is 7.05 Å². The SMILES string of the molecule is COc1cccc2c1c(-c1cn(C)cn1)nn1c(-c3cc(C)on3)nnc21. The van der Waals surface area contributed by atoms with Crippen LogP contribution >= 0.6 is 0 Å². The molecule has 0 unspecified atom stereocenters. The van der Waals surface area contributed by atoms with Crippen molar-refractivity contribution in [3.8, 4) is 28.7 Å². The van der Waals surface area contributed by atoms with Crippen LogP contribution in [0.2, 0.25) is 0 Å². The molecule has 1 aromatic carbocycles. The van der Waals surface area contributed by atoms with Crippen LogP contribution in [0.3, 0.4) is 0 Å². The number of hydrogen-bond donors (Lipinski definition) is 0. The van der Waals surface area contributed by atoms with Crippen molar-refractivity contribution >= 4 is 16.4 Å². The zero-order valence-corrected chi connectivity index (χ0v) is 14.9. The third-order valence-corrected chi connectivity index (χ3v) is 4.37. The molecule has 5 aromatic rings. The molecule has 0 spiro atoms. The molecular weight excluding hydrogens is 346 g/mol. The summed E-state index contributed by atoms with van der Waals surface area (Å²) >= 11 is 0. The first-order valence-electron chi connectivity index (χ1n) is 8.30. The van der Waals surface area contributed by atoms with E-state index in [0.29, 0.717) is 34.4 Å². The standard InChI is InChI=1S/C18H15N7O2/c1-10-7-12(23-27-10)18-21-20-17-11-5-4-6-14(26-3)15(11)16(22-25(17)18)13-8-24(2)9-19-13/h4-9H,1-3H3. The zero-order valence-electron chi connectivity index (χ0n) is 14.9. The van der Waals surface area contributed by atoms with Gasteiger partial charge in [0.2, 0.25) is 5.82 Å². The Morgan fingerprint density at radius 3 is 2.74 bits per heavy atom. The first kappa shape index (κ1) is 15.5. The second kappa shape index (κ2) is 5.63. The molecule has 0 aliphatic heterocycles. The molecule has 9 nitrogen and oxygen atoms in total. The van der Waals surface area contributed by atoms with Crippen molar-refractivity contribution in [2.24, 2.45) is 7.05 Å². The van der Waals surface area contributed by atoms with Crippen LogP contribution in [0.5, 0.6) is 5.75 Å². The van der Waals surface area contributed by atoms with Gasteiger partial charge in [-0.3, -0.25) is 0 Å². The summed E-state index contributed by atoms with van der Waals surface area (Å²) in [4.78, 5) is 4.47. The fourth-order valence-electron chi connectivity index (χ4n) is 3.17. The van der Waals surface area contributed by atoms with Crippen LogP contribution in [-0.4, -0.2) is 41.6 Å². The maximum absolute atomic E-state index is 5.58. The Bertz CT molecular complexity index is 1300. The molecule has 0 saturated carbocycles. The Morgan fingerprint density at radius 2 is 2.04 bits per heavy atom. The second-order valence-electron chi connectivity index (χ2n) is 6.24. The van der Waals surface area contributed by atoms with Crippen molar-refractivity contribution in [1.29, 1.82) is 0 Å². The highest BCUT2D eigenvalue weighted by molar-refractivity contribution is 6.05. The van der Waals surface area contributed by atoms with Crippen LogP contribution in [0.25, 0.3) is 39.3 Å². The minimum atomic E-state index is 0.503. The van der Waals surface area contributed by atoms with Gasteiger partial charge in [-0.05, 0) is 13.0 Å². The molecule has 4 heterocycles. The average molecular weight is 361 g/mol. The van der Waals surface area contributed by atoms with Gasteiger partial charge in [-0.2, -0.15) is 9.61 Å². The Balaban J connectivity index is 1.92. The molecule has 0 amide bonds. The van der Waals surface area contributed by atoms with E-state index in [1.807, 2.05) is 42.9 Å². The molecule has 0 N–H and O–H groups in total. The normalized spacial score (nSPS) is 11.5. The molecule has 9 heteroatoms. The van der Waals surface area contributed by atoms with Gasteiger partial charge >= 0.3 is 0 Å². The van der Waals surface area contributed by atoms with Crippen molar-refractivity contribution in [3.05, 3.63) is 42.5 Å². The lowest BCUT2D eigenvalue weighted by Gasteiger charge is -2.10. The molecule has 0 atom stereocenters. The predicted octanol–water partition coefficient (Wildman–Crippen LogP) is 2.65. The van der Waals surface area contributed by atoms with E-state index in [2.05, 4.69) is 20.3 Å². The van der Waals surface area contributed by atoms with Crippen molar-refractivity contribution in [2.75, 3.05) is 7.11 Å². The summed E-state index contributed by atoms with van der Waals surface area (Å²) < 4.78 is 14.3. The minimum absolute atomic E-state index is 0.503. The van der Waals surface area contributed by atoms with Crippen LogP contribution in [0.4, 0.5) is 0 Å². The number of nitrogens with zero attached hydrogens (tertiary/aromatic N) is 7. The van der Waals surface area contributed by atoms with E-state index < -0.39 is 0 Å². The van der Waals surface area contributed by atoms with Gasteiger partial charge in [-0.25, -0.2) is 4.98 Å². The van der Waals surface area contributed by atoms with Gasteiger partial charge in [0.15, 0.2) is 11.3 Å². The molecule has 4 aromatic heterocycles. The van der Waals surface area contributed by atoms with Crippen LogP contribution in [0.15, 0.2) is 41.3 Å². The molecule has 0 fully saturated rings. The summed E-state index contributed by atoms with van der Waals surface area (Å²) in [6.07, 6.45) is 3.64. The Hall–Kier alpha value is -3.75. The van der Waals surface area contributed by atoms with Crippen LogP contribution < -0.4 is 4.74 Å². The van der Waals surface area contributed by atoms with Crippen molar-refractivity contribution in [1.82, 2.24) is 34.5 Å². The Kier molecular flexibility index (Phi) is 3.23. The highest BCUT2D eigenvalue weighted by Crippen LogP contribution is 2.35. The zero-order chi connectivity index (χ0) is 18.5. The lowest BCUT2D eigenvalue weighted by atomic mass is 10.1. The number of methoxy groups -OCH3 is 1. The average Bonchev–Trinajstić information content (AvgIpc) is 3.39. The number of hydrogen-bond acceptors (Lipinski definition) is 7. The summed E-state index contributed by atoms with van der Waals surface area (Å²) in [5, 5.41) is 19.2. The van der Waals surface area contributed by atoms with Crippen molar-refractivity contribution in [2.45, 2.75) is 6.92 Å². The van der Waals surface area contributed by atoms with Crippen LogP contribution in [0.1, 0.15) is 5.76 Å². The first-order valence-corrected chi connectivity index (χ1v) is 8.30. The fraction of sp³-hybridized carbons (Fsp3) is 0.167. The van der Waals surface area contributed by atoms with E-state index in [-0.39, 0.29) is 0 Å². The number of aryl methyl sites for hydroxylation is 2. The van der Waals surface area contributed by atoms with Gasteiger partial charge in [0.05, 0.1) is 18.8 Å².